The van der Waals surface area contributed by atoms with Crippen molar-refractivity contribution in [2.75, 3.05) is 13.1 Å². The van der Waals surface area contributed by atoms with E-state index in [1.54, 1.807) is 10.6 Å². The number of carbonyl (C=O) groups is 1. The van der Waals surface area contributed by atoms with E-state index in [9.17, 15) is 18.5 Å². The third kappa shape index (κ3) is 4.25. The van der Waals surface area contributed by atoms with Gasteiger partial charge >= 0.3 is 5.97 Å². The van der Waals surface area contributed by atoms with Gasteiger partial charge in [0.15, 0.2) is 0 Å². The van der Waals surface area contributed by atoms with Gasteiger partial charge in [-0.15, -0.1) is 0 Å². The number of nitrogens with zero attached hydrogens (tertiary/aromatic N) is 3. The van der Waals surface area contributed by atoms with Gasteiger partial charge in [0.25, 0.3) is 0 Å². The minimum absolute atomic E-state index is 0.0625. The Morgan fingerprint density at radius 1 is 1.16 bits per heavy atom. The second kappa shape index (κ2) is 8.74. The van der Waals surface area contributed by atoms with Gasteiger partial charge in [-0.3, -0.25) is 0 Å². The Labute approximate surface area is 186 Å². The van der Waals surface area contributed by atoms with Crippen molar-refractivity contribution in [3.05, 3.63) is 71.5 Å². The third-order valence-corrected chi connectivity index (χ3v) is 7.19. The summed E-state index contributed by atoms with van der Waals surface area (Å²) in [7, 11) is -3.69. The molecule has 1 aliphatic heterocycles. The Kier molecular flexibility index (Phi) is 6.02. The highest BCUT2D eigenvalue weighted by atomic mass is 32.2. The molecule has 0 bridgehead atoms. The monoisotopic (exact) mass is 453 g/mol. The van der Waals surface area contributed by atoms with Crippen molar-refractivity contribution in [2.45, 2.75) is 37.6 Å². The van der Waals surface area contributed by atoms with Gasteiger partial charge in [0.2, 0.25) is 10.0 Å². The van der Waals surface area contributed by atoms with Crippen LogP contribution in [-0.4, -0.2) is 48.4 Å². The Morgan fingerprint density at radius 3 is 2.50 bits per heavy atom. The van der Waals surface area contributed by atoms with Crippen LogP contribution in [0, 0.1) is 11.3 Å². The predicted molar refractivity (Wildman–Crippen MR) is 116 cm³/mol. The smallest absolute Gasteiger partial charge is 0.338 e. The first-order chi connectivity index (χ1) is 15.3. The number of hydrogen-bond donors (Lipinski definition) is 0. The van der Waals surface area contributed by atoms with Gasteiger partial charge in [0.05, 0.1) is 33.7 Å². The molecule has 0 spiro atoms. The van der Waals surface area contributed by atoms with Crippen LogP contribution in [0.15, 0.2) is 59.8 Å². The number of carbonyl (C=O) groups excluding carboxylic acids is 1. The summed E-state index contributed by atoms with van der Waals surface area (Å²) in [6.07, 6.45) is 3.19. The van der Waals surface area contributed by atoms with E-state index in [0.717, 1.165) is 5.52 Å². The molecule has 166 valence electrons. The molecule has 3 heterocycles. The van der Waals surface area contributed by atoms with Crippen LogP contribution < -0.4 is 0 Å². The van der Waals surface area contributed by atoms with E-state index in [4.69, 9.17) is 9.47 Å². The summed E-state index contributed by atoms with van der Waals surface area (Å²) in [5.74, 6) is -0.596. The van der Waals surface area contributed by atoms with E-state index in [1.807, 2.05) is 38.2 Å². The van der Waals surface area contributed by atoms with Crippen molar-refractivity contribution < 1.29 is 22.7 Å². The molecule has 32 heavy (non-hydrogen) atoms. The average molecular weight is 454 g/mol. The third-order valence-electron chi connectivity index (χ3n) is 5.35. The van der Waals surface area contributed by atoms with Gasteiger partial charge in [-0.25, -0.2) is 13.2 Å². The zero-order valence-electron chi connectivity index (χ0n) is 17.8. The van der Waals surface area contributed by atoms with E-state index < -0.39 is 16.0 Å². The standard InChI is InChI=1S/C23H23N3O5S/c1-16-12-26(13-17(2)31-16)32(28,29)20-8-6-18(7-9-20)23(27)30-15-19-14-25-10-4-3-5-22(25)21(19)11-24/h3-10,14,16-17H,12-13,15H2,1-2H3. The van der Waals surface area contributed by atoms with Crippen molar-refractivity contribution in [1.29, 1.82) is 5.26 Å². The van der Waals surface area contributed by atoms with Crippen LogP contribution >= 0.6 is 0 Å². The zero-order chi connectivity index (χ0) is 22.9. The van der Waals surface area contributed by atoms with Crippen LogP contribution in [0.5, 0.6) is 0 Å². The van der Waals surface area contributed by atoms with E-state index in [0.29, 0.717) is 11.1 Å². The highest BCUT2D eigenvalue weighted by Gasteiger charge is 2.32. The first-order valence-electron chi connectivity index (χ1n) is 10.2. The molecule has 0 radical (unpaired) electrons. The number of morpholine rings is 1. The fraction of sp³-hybridized carbons (Fsp3) is 0.304. The molecule has 3 aromatic rings. The van der Waals surface area contributed by atoms with Crippen LogP contribution in [0.25, 0.3) is 5.52 Å². The molecular weight excluding hydrogens is 430 g/mol. The lowest BCUT2D eigenvalue weighted by Gasteiger charge is -2.34. The highest BCUT2D eigenvalue weighted by molar-refractivity contribution is 7.89. The molecule has 9 heteroatoms. The average Bonchev–Trinajstić information content (AvgIpc) is 3.14. The highest BCUT2D eigenvalue weighted by Crippen LogP contribution is 2.22. The van der Waals surface area contributed by atoms with Gasteiger partial charge in [-0.05, 0) is 50.2 Å². The largest absolute Gasteiger partial charge is 0.457 e. The number of aromatic nitrogens is 1. The lowest BCUT2D eigenvalue weighted by atomic mass is 10.2. The van der Waals surface area contributed by atoms with Crippen molar-refractivity contribution >= 4 is 21.5 Å². The van der Waals surface area contributed by atoms with E-state index in [-0.39, 0.29) is 42.4 Å². The molecule has 0 N–H and O–H groups in total. The number of sulfonamides is 1. The molecule has 0 aliphatic carbocycles. The predicted octanol–water partition coefficient (Wildman–Crippen LogP) is 2.97. The summed E-state index contributed by atoms with van der Waals surface area (Å²) in [6.45, 7) is 4.17. The molecule has 8 nitrogen and oxygen atoms in total. The Bertz CT molecular complexity index is 1280. The summed E-state index contributed by atoms with van der Waals surface area (Å²) < 4.78 is 40.1. The molecule has 4 rings (SSSR count). The molecular formula is C23H23N3O5S. The number of pyridine rings is 1. The maximum atomic E-state index is 12.9. The maximum Gasteiger partial charge on any atom is 0.338 e. The van der Waals surface area contributed by atoms with Crippen LogP contribution in [0.2, 0.25) is 0 Å². The number of nitriles is 1. The van der Waals surface area contributed by atoms with Gasteiger partial charge in [0.1, 0.15) is 12.7 Å². The molecule has 2 aromatic heterocycles. The molecule has 2 unspecified atom stereocenters. The number of rotatable bonds is 5. The van der Waals surface area contributed by atoms with Crippen LogP contribution in [0.4, 0.5) is 0 Å². The summed E-state index contributed by atoms with van der Waals surface area (Å²) in [5, 5.41) is 9.46. The Hall–Kier alpha value is -3.19. The molecule has 2 atom stereocenters. The number of esters is 1. The first kappa shape index (κ1) is 22.0. The van der Waals surface area contributed by atoms with Gasteiger partial charge < -0.3 is 13.9 Å². The quantitative estimate of drug-likeness (QED) is 0.551. The van der Waals surface area contributed by atoms with Crippen molar-refractivity contribution in [2.24, 2.45) is 0 Å². The lowest BCUT2D eigenvalue weighted by molar-refractivity contribution is -0.0440. The topological polar surface area (TPSA) is 101 Å². The number of benzene rings is 1. The van der Waals surface area contributed by atoms with Crippen LogP contribution in [0.1, 0.15) is 35.3 Å². The van der Waals surface area contributed by atoms with Gasteiger partial charge in [-0.2, -0.15) is 9.57 Å². The first-order valence-corrected chi connectivity index (χ1v) is 11.6. The van der Waals surface area contributed by atoms with Crippen LogP contribution in [-0.2, 0) is 26.1 Å². The second-order valence-electron chi connectivity index (χ2n) is 7.81. The number of ether oxygens (including phenoxy) is 2. The Balaban J connectivity index is 1.46. The van der Waals surface area contributed by atoms with Crippen molar-refractivity contribution in [3.63, 3.8) is 0 Å². The summed E-state index contributed by atoms with van der Waals surface area (Å²) >= 11 is 0. The Morgan fingerprint density at radius 2 is 1.84 bits per heavy atom. The van der Waals surface area contributed by atoms with E-state index in [2.05, 4.69) is 6.07 Å². The summed E-state index contributed by atoms with van der Waals surface area (Å²) in [5.41, 5.74) is 2.02. The van der Waals surface area contributed by atoms with Crippen molar-refractivity contribution in [3.8, 4) is 6.07 Å². The molecule has 1 saturated heterocycles. The van der Waals surface area contributed by atoms with E-state index in [1.165, 1.54) is 28.6 Å². The molecule has 1 fully saturated rings. The minimum Gasteiger partial charge on any atom is -0.457 e. The molecule has 0 saturated carbocycles. The minimum atomic E-state index is -3.69. The fourth-order valence-electron chi connectivity index (χ4n) is 3.88. The van der Waals surface area contributed by atoms with E-state index >= 15 is 0 Å². The van der Waals surface area contributed by atoms with Crippen molar-refractivity contribution in [1.82, 2.24) is 8.71 Å². The molecule has 1 aliphatic rings. The molecule has 1 aromatic carbocycles. The SMILES string of the molecule is CC1CN(S(=O)(=O)c2ccc(C(=O)OCc3cn4ccccc4c3C#N)cc2)CC(C)O1. The second-order valence-corrected chi connectivity index (χ2v) is 9.75. The normalized spacial score (nSPS) is 19.5. The lowest BCUT2D eigenvalue weighted by Crippen LogP contribution is -2.48. The van der Waals surface area contributed by atoms with Gasteiger partial charge in [-0.1, -0.05) is 6.07 Å². The maximum absolute atomic E-state index is 12.9. The number of fused-ring (bicyclic) bond motifs is 1. The van der Waals surface area contributed by atoms with Crippen LogP contribution in [0.3, 0.4) is 0 Å². The fourth-order valence-corrected chi connectivity index (χ4v) is 5.47. The van der Waals surface area contributed by atoms with Gasteiger partial charge in [0, 0.05) is 31.0 Å². The summed E-state index contributed by atoms with van der Waals surface area (Å²) in [6, 6.07) is 13.3. The molecule has 0 amide bonds. The zero-order valence-corrected chi connectivity index (χ0v) is 18.6. The summed E-state index contributed by atoms with van der Waals surface area (Å²) in [4.78, 5) is 12.6. The number of hydrogen-bond acceptors (Lipinski definition) is 6.